The molecule has 34 heavy (non-hydrogen) atoms. The van der Waals surface area contributed by atoms with Gasteiger partial charge in [0.2, 0.25) is 0 Å². The predicted octanol–water partition coefficient (Wildman–Crippen LogP) is -4.85. The fraction of sp³-hybridized carbons (Fsp3) is 0.273. The van der Waals surface area contributed by atoms with E-state index in [9.17, 15) is 39.0 Å². The third-order valence-electron chi connectivity index (χ3n) is 4.64. The summed E-state index contributed by atoms with van der Waals surface area (Å²) in [7, 11) is 8.00. The van der Waals surface area contributed by atoms with Crippen molar-refractivity contribution in [3.05, 3.63) is 46.5 Å². The summed E-state index contributed by atoms with van der Waals surface area (Å²) in [6, 6.07) is 4.92. The molecule has 0 radical (unpaired) electrons. The van der Waals surface area contributed by atoms with Gasteiger partial charge in [0, 0.05) is 33.0 Å². The first-order valence-electron chi connectivity index (χ1n) is 10.2. The second-order valence-electron chi connectivity index (χ2n) is 7.36. The SMILES string of the molecule is C[NH2+]C.C[NH2+]C.O=C([O-])CN1C(=O)c2ccc3c4c(ccc(c24)C1=O)C(=O)N(CC(=O)[O-])C3=O. The molecule has 0 spiro atoms. The lowest BCUT2D eigenvalue weighted by atomic mass is 9.86. The first-order chi connectivity index (χ1) is 16.0. The summed E-state index contributed by atoms with van der Waals surface area (Å²) in [4.78, 5) is 73.2. The Bertz CT molecular complexity index is 1040. The predicted molar refractivity (Wildman–Crippen MR) is 112 cm³/mol. The molecule has 4 rings (SSSR count). The molecule has 0 aromatic heterocycles. The number of hydrogen-bond donors (Lipinski definition) is 2. The van der Waals surface area contributed by atoms with Gasteiger partial charge in [-0.25, -0.2) is 0 Å². The van der Waals surface area contributed by atoms with E-state index in [2.05, 4.69) is 0 Å². The number of benzene rings is 2. The third kappa shape index (κ3) is 4.63. The lowest BCUT2D eigenvalue weighted by molar-refractivity contribution is -0.597. The smallest absolute Gasteiger partial charge is 0.261 e. The molecule has 12 heteroatoms. The normalized spacial score (nSPS) is 13.8. The number of nitrogens with zero attached hydrogens (tertiary/aromatic N) is 2. The summed E-state index contributed by atoms with van der Waals surface area (Å²) in [6.45, 7) is -1.89. The van der Waals surface area contributed by atoms with Crippen LogP contribution < -0.4 is 20.8 Å². The number of amides is 4. The van der Waals surface area contributed by atoms with Crippen LogP contribution in [0.1, 0.15) is 41.4 Å². The zero-order valence-electron chi connectivity index (χ0n) is 19.0. The van der Waals surface area contributed by atoms with Crippen molar-refractivity contribution in [2.75, 3.05) is 41.3 Å². The van der Waals surface area contributed by atoms with Gasteiger partial charge in [0.15, 0.2) is 0 Å². The minimum Gasteiger partial charge on any atom is -0.548 e. The molecule has 12 nitrogen and oxygen atoms in total. The van der Waals surface area contributed by atoms with E-state index in [1.54, 1.807) is 0 Å². The summed E-state index contributed by atoms with van der Waals surface area (Å²) < 4.78 is 0. The molecule has 0 fully saturated rings. The van der Waals surface area contributed by atoms with Crippen LogP contribution in [0.3, 0.4) is 0 Å². The number of carbonyl (C=O) groups is 6. The van der Waals surface area contributed by atoms with Gasteiger partial charge in [-0.1, -0.05) is 0 Å². The van der Waals surface area contributed by atoms with Gasteiger partial charge in [0.05, 0.1) is 53.2 Å². The average Bonchev–Trinajstić information content (AvgIpc) is 2.77. The molecule has 4 N–H and O–H groups in total. The summed E-state index contributed by atoms with van der Waals surface area (Å²) in [5, 5.41) is 25.9. The largest absolute Gasteiger partial charge is 0.548 e. The number of imide groups is 2. The second-order valence-corrected chi connectivity index (χ2v) is 7.36. The summed E-state index contributed by atoms with van der Waals surface area (Å²) in [5.41, 5.74) is -0.202. The molecule has 4 amide bonds. The number of nitrogens with two attached hydrogens (primary N) is 2. The Labute approximate surface area is 194 Å². The maximum atomic E-state index is 12.6. The topological polar surface area (TPSA) is 188 Å². The first-order valence-corrected chi connectivity index (χ1v) is 10.2. The Morgan fingerprint density at radius 2 is 0.824 bits per heavy atom. The van der Waals surface area contributed by atoms with Crippen LogP contribution in [0.4, 0.5) is 0 Å². The van der Waals surface area contributed by atoms with E-state index in [1.807, 2.05) is 38.8 Å². The van der Waals surface area contributed by atoms with Gasteiger partial charge < -0.3 is 30.4 Å². The molecule has 0 saturated carbocycles. The minimum atomic E-state index is -1.63. The number of aliphatic carboxylic acids is 2. The number of quaternary nitrogens is 2. The Morgan fingerprint density at radius 1 is 0.618 bits per heavy atom. The minimum absolute atomic E-state index is 0.0504. The third-order valence-corrected chi connectivity index (χ3v) is 4.64. The molecule has 2 aromatic carbocycles. The Morgan fingerprint density at radius 3 is 1.00 bits per heavy atom. The van der Waals surface area contributed by atoms with Gasteiger partial charge >= 0.3 is 0 Å². The van der Waals surface area contributed by atoms with Crippen LogP contribution in [-0.2, 0) is 9.59 Å². The van der Waals surface area contributed by atoms with Crippen LogP contribution in [0, 0.1) is 0 Å². The number of rotatable bonds is 4. The number of carboxylic acid groups (broad SMARTS) is 2. The number of carbonyl (C=O) groups excluding carboxylic acids is 6. The van der Waals surface area contributed by atoms with Crippen molar-refractivity contribution in [3.8, 4) is 0 Å². The van der Waals surface area contributed by atoms with Crippen LogP contribution in [-0.4, -0.2) is 86.6 Å². The number of carboxylic acids is 2. The van der Waals surface area contributed by atoms with E-state index in [0.717, 1.165) is 0 Å². The van der Waals surface area contributed by atoms with Crippen molar-refractivity contribution in [2.45, 2.75) is 0 Å². The molecule has 2 aliphatic heterocycles. The fourth-order valence-corrected chi connectivity index (χ4v) is 3.52. The maximum Gasteiger partial charge on any atom is 0.261 e. The van der Waals surface area contributed by atoms with Crippen molar-refractivity contribution in [1.82, 2.24) is 9.80 Å². The van der Waals surface area contributed by atoms with Crippen molar-refractivity contribution < 1.29 is 49.6 Å². The van der Waals surface area contributed by atoms with Gasteiger partial charge in [0.25, 0.3) is 23.6 Å². The molecule has 2 aliphatic rings. The van der Waals surface area contributed by atoms with E-state index in [4.69, 9.17) is 0 Å². The Hall–Kier alpha value is -4.16. The van der Waals surface area contributed by atoms with Crippen LogP contribution in [0.25, 0.3) is 10.8 Å². The van der Waals surface area contributed by atoms with Gasteiger partial charge in [-0.3, -0.25) is 29.0 Å². The van der Waals surface area contributed by atoms with Gasteiger partial charge in [-0.15, -0.1) is 0 Å². The highest BCUT2D eigenvalue weighted by Crippen LogP contribution is 2.37. The Balaban J connectivity index is 0.000000618. The monoisotopic (exact) mass is 472 g/mol. The molecule has 2 heterocycles. The van der Waals surface area contributed by atoms with Crippen molar-refractivity contribution in [2.24, 2.45) is 0 Å². The van der Waals surface area contributed by atoms with Crippen molar-refractivity contribution in [3.63, 3.8) is 0 Å². The van der Waals surface area contributed by atoms with E-state index in [1.165, 1.54) is 24.3 Å². The summed E-state index contributed by atoms with van der Waals surface area (Å²) >= 11 is 0. The van der Waals surface area contributed by atoms with Gasteiger partial charge in [-0.05, 0) is 24.3 Å². The molecular weight excluding hydrogens is 448 g/mol. The highest BCUT2D eigenvalue weighted by molar-refractivity contribution is 6.33. The second kappa shape index (κ2) is 10.6. The van der Waals surface area contributed by atoms with Gasteiger partial charge in [0.1, 0.15) is 0 Å². The molecule has 0 saturated heterocycles. The molecule has 2 aromatic rings. The molecular formula is C22H24N4O8. The van der Waals surface area contributed by atoms with E-state index < -0.39 is 48.7 Å². The van der Waals surface area contributed by atoms with Crippen LogP contribution in [0.2, 0.25) is 0 Å². The van der Waals surface area contributed by atoms with E-state index in [0.29, 0.717) is 9.80 Å². The maximum absolute atomic E-state index is 12.6. The lowest BCUT2D eigenvalue weighted by Gasteiger charge is -2.32. The molecule has 0 unspecified atom stereocenters. The molecule has 180 valence electrons. The molecule has 0 atom stereocenters. The lowest BCUT2D eigenvalue weighted by Crippen LogP contribution is -2.74. The van der Waals surface area contributed by atoms with Crippen molar-refractivity contribution >= 4 is 46.3 Å². The quantitative estimate of drug-likeness (QED) is 0.414. The summed E-state index contributed by atoms with van der Waals surface area (Å²) in [6.07, 6.45) is 0. The zero-order valence-corrected chi connectivity index (χ0v) is 19.0. The fourth-order valence-electron chi connectivity index (χ4n) is 3.52. The Kier molecular flexibility index (Phi) is 8.16. The standard InChI is InChI=1S/C18H10N2O8.2C2H7N/c21-11(22)5-19-15(25)7-1-2-8-14-10(4-3-9(13(7)14)17(19)27)18(28)20(16(8)26)6-12(23)24;2*1-3-2/h1-4H,5-6H2,(H,21,22)(H,23,24);2*3H,1-2H3. The zero-order chi connectivity index (χ0) is 25.7. The first kappa shape index (κ1) is 26.1. The van der Waals surface area contributed by atoms with E-state index in [-0.39, 0.29) is 33.0 Å². The molecule has 0 bridgehead atoms. The molecule has 0 aliphatic carbocycles. The summed E-state index contributed by atoms with van der Waals surface area (Å²) in [5.74, 6) is -6.85. The van der Waals surface area contributed by atoms with Crippen LogP contribution >= 0.6 is 0 Å². The average molecular weight is 472 g/mol. The van der Waals surface area contributed by atoms with Crippen molar-refractivity contribution in [1.29, 1.82) is 0 Å². The van der Waals surface area contributed by atoms with Crippen LogP contribution in [0.5, 0.6) is 0 Å². The van der Waals surface area contributed by atoms with Crippen LogP contribution in [0.15, 0.2) is 24.3 Å². The van der Waals surface area contributed by atoms with E-state index >= 15 is 0 Å². The van der Waals surface area contributed by atoms with Gasteiger partial charge in [-0.2, -0.15) is 0 Å². The highest BCUT2D eigenvalue weighted by Gasteiger charge is 2.39. The highest BCUT2D eigenvalue weighted by atomic mass is 16.4. The number of hydrogen-bond acceptors (Lipinski definition) is 8.